The molecule has 0 aliphatic carbocycles. The number of nitrogens with one attached hydrogen (secondary N) is 1. The van der Waals surface area contributed by atoms with E-state index in [4.69, 9.17) is 23.2 Å². The summed E-state index contributed by atoms with van der Waals surface area (Å²) in [5.41, 5.74) is 1.89. The van der Waals surface area contributed by atoms with Crippen molar-refractivity contribution in [1.29, 1.82) is 0 Å². The summed E-state index contributed by atoms with van der Waals surface area (Å²) in [5.74, 6) is -0.116. The molecular weight excluding hydrogens is 463 g/mol. The Morgan fingerprint density at radius 3 is 2.06 bits per heavy atom. The fraction of sp³-hybridized carbons (Fsp3) is 0.200. The molecule has 4 nitrogen and oxygen atoms in total. The zero-order valence-electron chi connectivity index (χ0n) is 17.6. The molecule has 0 aromatic heterocycles. The van der Waals surface area contributed by atoms with Crippen LogP contribution in [0.1, 0.15) is 11.1 Å². The zero-order valence-corrected chi connectivity index (χ0v) is 20.0. The van der Waals surface area contributed by atoms with Gasteiger partial charge in [0.25, 0.3) is 0 Å². The van der Waals surface area contributed by atoms with Gasteiger partial charge in [0.15, 0.2) is 0 Å². The van der Waals surface area contributed by atoms with E-state index in [1.165, 1.54) is 11.8 Å². The van der Waals surface area contributed by atoms with E-state index in [9.17, 15) is 9.59 Å². The fourth-order valence-corrected chi connectivity index (χ4v) is 4.30. The molecule has 0 unspecified atom stereocenters. The molecule has 7 heteroatoms. The summed E-state index contributed by atoms with van der Waals surface area (Å²) in [7, 11) is 1.59. The molecule has 0 aliphatic heterocycles. The van der Waals surface area contributed by atoms with Gasteiger partial charge in [0.2, 0.25) is 11.8 Å². The molecule has 0 aliphatic rings. The van der Waals surface area contributed by atoms with Crippen LogP contribution in [0.2, 0.25) is 10.0 Å². The van der Waals surface area contributed by atoms with Gasteiger partial charge in [0.05, 0.1) is 5.75 Å². The van der Waals surface area contributed by atoms with E-state index >= 15 is 0 Å². The van der Waals surface area contributed by atoms with Crippen LogP contribution >= 0.6 is 35.0 Å². The molecule has 0 saturated heterocycles. The number of halogens is 2. The highest BCUT2D eigenvalue weighted by Crippen LogP contribution is 2.23. The Morgan fingerprint density at radius 1 is 0.875 bits per heavy atom. The molecule has 32 heavy (non-hydrogen) atoms. The largest absolute Gasteiger partial charge is 0.357 e. The van der Waals surface area contributed by atoms with Crippen molar-refractivity contribution in [3.63, 3.8) is 0 Å². The molecule has 3 aromatic rings. The lowest BCUT2D eigenvalue weighted by Gasteiger charge is -2.31. The maximum absolute atomic E-state index is 13.4. The minimum Gasteiger partial charge on any atom is -0.357 e. The van der Waals surface area contributed by atoms with Crippen molar-refractivity contribution >= 4 is 46.8 Å². The van der Waals surface area contributed by atoms with Crippen LogP contribution in [0.15, 0.2) is 83.8 Å². The second-order valence-electron chi connectivity index (χ2n) is 7.21. The number of carbonyl (C=O) groups is 2. The summed E-state index contributed by atoms with van der Waals surface area (Å²) in [6.07, 6.45) is 0.422. The third-order valence-corrected chi connectivity index (χ3v) is 6.46. The Bertz CT molecular complexity index is 1030. The zero-order chi connectivity index (χ0) is 22.9. The predicted octanol–water partition coefficient (Wildman–Crippen LogP) is 5.47. The van der Waals surface area contributed by atoms with E-state index in [-0.39, 0.29) is 17.6 Å². The third kappa shape index (κ3) is 7.02. The van der Waals surface area contributed by atoms with Crippen molar-refractivity contribution < 1.29 is 9.59 Å². The molecular formula is C25H24Cl2N2O2S. The van der Waals surface area contributed by atoms with Crippen LogP contribution in [0.25, 0.3) is 0 Å². The highest BCUT2D eigenvalue weighted by atomic mass is 35.5. The van der Waals surface area contributed by atoms with E-state index in [2.05, 4.69) is 5.32 Å². The van der Waals surface area contributed by atoms with Gasteiger partial charge in [-0.25, -0.2) is 0 Å². The van der Waals surface area contributed by atoms with Crippen LogP contribution in [-0.2, 0) is 22.6 Å². The Balaban J connectivity index is 1.85. The average Bonchev–Trinajstić information content (AvgIpc) is 2.82. The van der Waals surface area contributed by atoms with Crippen molar-refractivity contribution in [2.24, 2.45) is 0 Å². The lowest BCUT2D eigenvalue weighted by atomic mass is 10.0. The number of hydrogen-bond acceptors (Lipinski definition) is 3. The summed E-state index contributed by atoms with van der Waals surface area (Å²) in [5, 5.41) is 3.99. The van der Waals surface area contributed by atoms with Crippen LogP contribution in [0.4, 0.5) is 0 Å². The molecule has 1 N–H and O–H groups in total. The number of amides is 2. The molecule has 0 fully saturated rings. The normalized spacial score (nSPS) is 11.6. The molecule has 166 valence electrons. The van der Waals surface area contributed by atoms with Gasteiger partial charge in [0.1, 0.15) is 6.04 Å². The van der Waals surface area contributed by atoms with Crippen LogP contribution < -0.4 is 5.32 Å². The number of carbonyl (C=O) groups excluding carboxylic acids is 2. The number of nitrogens with zero attached hydrogens (tertiary/aromatic N) is 1. The maximum Gasteiger partial charge on any atom is 0.242 e. The second kappa shape index (κ2) is 12.0. The quantitative estimate of drug-likeness (QED) is 0.407. The molecule has 0 heterocycles. The number of hydrogen-bond donors (Lipinski definition) is 1. The van der Waals surface area contributed by atoms with Gasteiger partial charge in [-0.15, -0.1) is 11.8 Å². The van der Waals surface area contributed by atoms with Crippen LogP contribution in [0.5, 0.6) is 0 Å². The first-order valence-corrected chi connectivity index (χ1v) is 11.9. The summed E-state index contributed by atoms with van der Waals surface area (Å²) in [6.45, 7) is 0.308. The van der Waals surface area contributed by atoms with Crippen molar-refractivity contribution in [3.05, 3.63) is 100 Å². The lowest BCUT2D eigenvalue weighted by Crippen LogP contribution is -2.50. The molecule has 0 bridgehead atoms. The molecule has 0 spiro atoms. The lowest BCUT2D eigenvalue weighted by molar-refractivity contribution is -0.139. The number of rotatable bonds is 9. The SMILES string of the molecule is CNC(=O)[C@H](Cc1ccccc1)N(Cc1ccc(Cl)cc1)C(=O)CSc1ccc(Cl)cc1. The van der Waals surface area contributed by atoms with Crippen LogP contribution in [0.3, 0.4) is 0 Å². The van der Waals surface area contributed by atoms with Gasteiger partial charge in [0, 0.05) is 35.0 Å². The summed E-state index contributed by atoms with van der Waals surface area (Å²) >= 11 is 13.4. The Morgan fingerprint density at radius 2 is 1.47 bits per heavy atom. The minimum absolute atomic E-state index is 0.121. The number of likely N-dealkylation sites (N-methyl/N-ethyl adjacent to an activating group) is 1. The van der Waals surface area contributed by atoms with Crippen molar-refractivity contribution in [2.45, 2.75) is 23.9 Å². The fourth-order valence-electron chi connectivity index (χ4n) is 3.27. The monoisotopic (exact) mass is 486 g/mol. The topological polar surface area (TPSA) is 49.4 Å². The molecule has 3 rings (SSSR count). The third-order valence-electron chi connectivity index (χ3n) is 4.96. The maximum atomic E-state index is 13.4. The van der Waals surface area contributed by atoms with E-state index < -0.39 is 6.04 Å². The minimum atomic E-state index is -0.642. The van der Waals surface area contributed by atoms with Crippen molar-refractivity contribution in [1.82, 2.24) is 10.2 Å². The molecule has 0 radical (unpaired) electrons. The van der Waals surface area contributed by atoms with Gasteiger partial charge in [-0.1, -0.05) is 65.7 Å². The first-order chi connectivity index (χ1) is 15.5. The van der Waals surface area contributed by atoms with Gasteiger partial charge in [-0.05, 0) is 47.5 Å². The molecule has 2 amide bonds. The summed E-state index contributed by atoms with van der Waals surface area (Å²) in [4.78, 5) is 28.8. The van der Waals surface area contributed by atoms with E-state index in [1.54, 1.807) is 36.2 Å². The first kappa shape index (κ1) is 24.2. The Kier molecular flexibility index (Phi) is 9.03. The first-order valence-electron chi connectivity index (χ1n) is 10.1. The summed E-state index contributed by atoms with van der Waals surface area (Å²) in [6, 6.07) is 23.7. The van der Waals surface area contributed by atoms with Gasteiger partial charge in [-0.3, -0.25) is 9.59 Å². The van der Waals surface area contributed by atoms with E-state index in [0.29, 0.717) is 23.0 Å². The van der Waals surface area contributed by atoms with Gasteiger partial charge in [-0.2, -0.15) is 0 Å². The standard InChI is InChI=1S/C25H24Cl2N2O2S/c1-28-25(31)23(15-18-5-3-2-4-6-18)29(16-19-7-9-20(26)10-8-19)24(30)17-32-22-13-11-21(27)12-14-22/h2-14,23H,15-17H2,1H3,(H,28,31)/t23-/m0/s1. The summed E-state index contributed by atoms with van der Waals surface area (Å²) < 4.78 is 0. The second-order valence-corrected chi connectivity index (χ2v) is 9.13. The van der Waals surface area contributed by atoms with Crippen LogP contribution in [0, 0.1) is 0 Å². The molecule has 3 aromatic carbocycles. The molecule has 0 saturated carbocycles. The van der Waals surface area contributed by atoms with Gasteiger partial charge >= 0.3 is 0 Å². The van der Waals surface area contributed by atoms with E-state index in [0.717, 1.165) is 16.0 Å². The average molecular weight is 487 g/mol. The van der Waals surface area contributed by atoms with Crippen LogP contribution in [-0.4, -0.2) is 35.6 Å². The highest BCUT2D eigenvalue weighted by molar-refractivity contribution is 8.00. The van der Waals surface area contributed by atoms with Gasteiger partial charge < -0.3 is 10.2 Å². The van der Waals surface area contributed by atoms with E-state index in [1.807, 2.05) is 54.6 Å². The van der Waals surface area contributed by atoms with Crippen molar-refractivity contribution in [3.8, 4) is 0 Å². The Hall–Kier alpha value is -2.47. The highest BCUT2D eigenvalue weighted by Gasteiger charge is 2.29. The smallest absolute Gasteiger partial charge is 0.242 e. The molecule has 1 atom stereocenters. The predicted molar refractivity (Wildman–Crippen MR) is 132 cm³/mol. The Labute approximate surface area is 202 Å². The number of benzene rings is 3. The van der Waals surface area contributed by atoms with Crippen molar-refractivity contribution in [2.75, 3.05) is 12.8 Å². The number of thioether (sulfide) groups is 1.